The number of nitrogens with zero attached hydrogens (tertiary/aromatic N) is 2. The lowest BCUT2D eigenvalue weighted by molar-refractivity contribution is -0.134. The quantitative estimate of drug-likeness (QED) is 0.701. The van der Waals surface area contributed by atoms with Crippen molar-refractivity contribution in [1.29, 1.82) is 0 Å². The molecule has 4 heteroatoms. The third kappa shape index (κ3) is 3.90. The molecule has 1 N–H and O–H groups in total. The molecule has 0 bridgehead atoms. The third-order valence-corrected chi connectivity index (χ3v) is 6.35. The summed E-state index contributed by atoms with van der Waals surface area (Å²) in [7, 11) is 0. The van der Waals surface area contributed by atoms with Gasteiger partial charge in [-0.2, -0.15) is 0 Å². The minimum absolute atomic E-state index is 0.152. The van der Waals surface area contributed by atoms with Gasteiger partial charge in [-0.05, 0) is 54.5 Å². The Labute approximate surface area is 172 Å². The normalized spacial score (nSPS) is 17.3. The zero-order valence-electron chi connectivity index (χ0n) is 17.1. The number of carbonyl (C=O) groups excluding carboxylic acids is 1. The van der Waals surface area contributed by atoms with Crippen LogP contribution in [0.3, 0.4) is 0 Å². The van der Waals surface area contributed by atoms with Crippen molar-refractivity contribution in [2.45, 2.75) is 38.7 Å². The molecule has 1 unspecified atom stereocenters. The van der Waals surface area contributed by atoms with Gasteiger partial charge in [0.05, 0.1) is 11.1 Å². The van der Waals surface area contributed by atoms with Gasteiger partial charge in [-0.15, -0.1) is 0 Å². The number of rotatable bonds is 4. The second-order valence-corrected chi connectivity index (χ2v) is 8.14. The first kappa shape index (κ1) is 19.6. The van der Waals surface area contributed by atoms with Crippen molar-refractivity contribution >= 4 is 16.8 Å². The van der Waals surface area contributed by atoms with Crippen LogP contribution >= 0.6 is 0 Å². The Bertz CT molecular complexity index is 1000. The molecule has 0 radical (unpaired) electrons. The van der Waals surface area contributed by atoms with E-state index < -0.39 is 5.60 Å². The number of benzene rings is 2. The lowest BCUT2D eigenvalue weighted by Crippen LogP contribution is -2.44. The Balaban J connectivity index is 1.51. The van der Waals surface area contributed by atoms with Crippen LogP contribution in [0.4, 0.5) is 0 Å². The van der Waals surface area contributed by atoms with Crippen LogP contribution in [0.25, 0.3) is 22.0 Å². The van der Waals surface area contributed by atoms with Gasteiger partial charge in [0.1, 0.15) is 0 Å². The fourth-order valence-corrected chi connectivity index (χ4v) is 4.40. The maximum Gasteiger partial charge on any atom is 0.222 e. The Morgan fingerprint density at radius 1 is 1.10 bits per heavy atom. The van der Waals surface area contributed by atoms with E-state index in [-0.39, 0.29) is 11.8 Å². The molecule has 3 aromatic rings. The molecule has 0 saturated carbocycles. The van der Waals surface area contributed by atoms with Crippen molar-refractivity contribution in [1.82, 2.24) is 9.88 Å². The minimum atomic E-state index is -0.898. The van der Waals surface area contributed by atoms with Gasteiger partial charge >= 0.3 is 0 Å². The fraction of sp³-hybridized carbons (Fsp3) is 0.360. The number of aliphatic hydroxyl groups is 1. The summed E-state index contributed by atoms with van der Waals surface area (Å²) in [5, 5.41) is 12.4. The number of piperidine rings is 1. The van der Waals surface area contributed by atoms with E-state index in [1.807, 2.05) is 43.1 Å². The number of likely N-dealkylation sites (tertiary alicyclic amines) is 1. The van der Waals surface area contributed by atoms with Gasteiger partial charge in [0.25, 0.3) is 0 Å². The lowest BCUT2D eigenvalue weighted by Gasteiger charge is -2.40. The summed E-state index contributed by atoms with van der Waals surface area (Å²) in [5.74, 6) is 0.358. The van der Waals surface area contributed by atoms with Crippen LogP contribution in [0.5, 0.6) is 0 Å². The number of amides is 1. The van der Waals surface area contributed by atoms with E-state index in [1.54, 1.807) is 0 Å². The van der Waals surface area contributed by atoms with Crippen LogP contribution in [0, 0.1) is 5.92 Å². The Morgan fingerprint density at radius 3 is 2.48 bits per heavy atom. The van der Waals surface area contributed by atoms with Gasteiger partial charge < -0.3 is 10.0 Å². The Kier molecular flexibility index (Phi) is 5.37. The standard InChI is InChI=1S/C25H28N2O2/c1-3-24(28)27-15-12-22(13-16-27)25(2,29)21-10-8-18(9-11-21)20-7-6-19-5-4-14-26-23(19)17-20/h4-11,14,17,22,29H,3,12-13,15-16H2,1-2H3. The van der Waals surface area contributed by atoms with E-state index in [0.29, 0.717) is 6.42 Å². The molecule has 29 heavy (non-hydrogen) atoms. The van der Waals surface area contributed by atoms with E-state index in [1.165, 1.54) is 0 Å². The summed E-state index contributed by atoms with van der Waals surface area (Å²) in [5.41, 5.74) is 3.24. The average molecular weight is 389 g/mol. The molecule has 0 spiro atoms. The van der Waals surface area contributed by atoms with Gasteiger partial charge in [0, 0.05) is 31.1 Å². The average Bonchev–Trinajstić information content (AvgIpc) is 2.78. The predicted molar refractivity (Wildman–Crippen MR) is 116 cm³/mol. The molecule has 1 saturated heterocycles. The molecule has 4 nitrogen and oxygen atoms in total. The molecule has 1 amide bonds. The van der Waals surface area contributed by atoms with Crippen LogP contribution in [-0.4, -0.2) is 34.0 Å². The highest BCUT2D eigenvalue weighted by atomic mass is 16.3. The van der Waals surface area contributed by atoms with Crippen molar-refractivity contribution in [2.24, 2.45) is 5.92 Å². The monoisotopic (exact) mass is 388 g/mol. The minimum Gasteiger partial charge on any atom is -0.385 e. The van der Waals surface area contributed by atoms with E-state index in [2.05, 4.69) is 41.4 Å². The van der Waals surface area contributed by atoms with Gasteiger partial charge in [-0.3, -0.25) is 9.78 Å². The Morgan fingerprint density at radius 2 is 1.79 bits per heavy atom. The first-order valence-corrected chi connectivity index (χ1v) is 10.4. The number of hydrogen-bond acceptors (Lipinski definition) is 3. The molecule has 1 aliphatic rings. The maximum absolute atomic E-state index is 11.9. The molecule has 1 atom stereocenters. The topological polar surface area (TPSA) is 53.4 Å². The van der Waals surface area contributed by atoms with E-state index >= 15 is 0 Å². The highest BCUT2D eigenvalue weighted by Crippen LogP contribution is 2.37. The molecule has 150 valence electrons. The van der Waals surface area contributed by atoms with Crippen molar-refractivity contribution in [2.75, 3.05) is 13.1 Å². The van der Waals surface area contributed by atoms with Crippen LogP contribution < -0.4 is 0 Å². The fourth-order valence-electron chi connectivity index (χ4n) is 4.40. The predicted octanol–water partition coefficient (Wildman–Crippen LogP) is 4.76. The largest absolute Gasteiger partial charge is 0.385 e. The van der Waals surface area contributed by atoms with Gasteiger partial charge in [-0.1, -0.05) is 49.4 Å². The zero-order chi connectivity index (χ0) is 20.4. The number of hydrogen-bond donors (Lipinski definition) is 1. The van der Waals surface area contributed by atoms with Gasteiger partial charge in [0.2, 0.25) is 5.91 Å². The summed E-state index contributed by atoms with van der Waals surface area (Å²) in [6.07, 6.45) is 4.02. The highest BCUT2D eigenvalue weighted by molar-refractivity contribution is 5.84. The first-order valence-electron chi connectivity index (χ1n) is 10.4. The van der Waals surface area contributed by atoms with Crippen LogP contribution in [-0.2, 0) is 10.4 Å². The first-order chi connectivity index (χ1) is 14.0. The second kappa shape index (κ2) is 7.96. The summed E-state index contributed by atoms with van der Waals surface area (Å²) in [6.45, 7) is 5.27. The maximum atomic E-state index is 11.9. The Hall–Kier alpha value is -2.72. The highest BCUT2D eigenvalue weighted by Gasteiger charge is 2.36. The van der Waals surface area contributed by atoms with E-state index in [0.717, 1.165) is 53.5 Å². The molecule has 4 rings (SSSR count). The number of carbonyl (C=O) groups is 1. The zero-order valence-corrected chi connectivity index (χ0v) is 17.1. The molecular formula is C25H28N2O2. The summed E-state index contributed by atoms with van der Waals surface area (Å²) in [6, 6.07) is 18.5. The number of aromatic nitrogens is 1. The third-order valence-electron chi connectivity index (χ3n) is 6.35. The summed E-state index contributed by atoms with van der Waals surface area (Å²) < 4.78 is 0. The number of pyridine rings is 1. The van der Waals surface area contributed by atoms with Crippen molar-refractivity contribution in [3.05, 3.63) is 66.4 Å². The smallest absolute Gasteiger partial charge is 0.222 e. The summed E-state index contributed by atoms with van der Waals surface area (Å²) in [4.78, 5) is 18.3. The molecule has 0 aliphatic carbocycles. The van der Waals surface area contributed by atoms with Crippen LogP contribution in [0.15, 0.2) is 60.8 Å². The summed E-state index contributed by atoms with van der Waals surface area (Å²) >= 11 is 0. The van der Waals surface area contributed by atoms with Crippen molar-refractivity contribution in [3.8, 4) is 11.1 Å². The van der Waals surface area contributed by atoms with Crippen LogP contribution in [0.1, 0.15) is 38.7 Å². The molecular weight excluding hydrogens is 360 g/mol. The van der Waals surface area contributed by atoms with Crippen molar-refractivity contribution in [3.63, 3.8) is 0 Å². The molecule has 1 aromatic heterocycles. The number of fused-ring (bicyclic) bond motifs is 1. The van der Waals surface area contributed by atoms with Crippen molar-refractivity contribution < 1.29 is 9.90 Å². The van der Waals surface area contributed by atoms with Gasteiger partial charge in [0.15, 0.2) is 0 Å². The SMILES string of the molecule is CCC(=O)N1CCC(C(C)(O)c2ccc(-c3ccc4cccnc4c3)cc2)CC1. The second-order valence-electron chi connectivity index (χ2n) is 8.14. The molecule has 2 heterocycles. The molecule has 1 aliphatic heterocycles. The van der Waals surface area contributed by atoms with Crippen LogP contribution in [0.2, 0.25) is 0 Å². The van der Waals surface area contributed by atoms with Gasteiger partial charge in [-0.25, -0.2) is 0 Å². The lowest BCUT2D eigenvalue weighted by atomic mass is 9.77. The van der Waals surface area contributed by atoms with E-state index in [9.17, 15) is 9.90 Å². The van der Waals surface area contributed by atoms with E-state index in [4.69, 9.17) is 0 Å². The molecule has 2 aromatic carbocycles. The molecule has 1 fully saturated rings.